The number of ether oxygens (including phenoxy) is 1. The third-order valence-electron chi connectivity index (χ3n) is 2.53. The summed E-state index contributed by atoms with van der Waals surface area (Å²) in [6, 6.07) is 3.90. The number of aliphatic carboxylic acids is 1. The number of hydrogen-bond donors (Lipinski definition) is 3. The lowest BCUT2D eigenvalue weighted by Gasteiger charge is -2.28. The van der Waals surface area contributed by atoms with Gasteiger partial charge in [-0.05, 0) is 6.07 Å². The fraction of sp³-hybridized carbons (Fsp3) is 0.300. The number of aromatic hydroxyl groups is 1. The van der Waals surface area contributed by atoms with Crippen LogP contribution in [0.4, 0.5) is 0 Å². The number of carbonyl (C=O) groups is 1. The van der Waals surface area contributed by atoms with E-state index in [0.29, 0.717) is 11.3 Å². The van der Waals surface area contributed by atoms with Gasteiger partial charge < -0.3 is 20.7 Å². The van der Waals surface area contributed by atoms with Crippen LogP contribution in [-0.4, -0.2) is 22.8 Å². The van der Waals surface area contributed by atoms with Gasteiger partial charge in [-0.2, -0.15) is 0 Å². The topological polar surface area (TPSA) is 92.8 Å². The number of phenolic OH excluding ortho intramolecular Hbond substituents is 1. The van der Waals surface area contributed by atoms with Crippen LogP contribution in [0.1, 0.15) is 11.6 Å². The van der Waals surface area contributed by atoms with E-state index in [-0.39, 0.29) is 12.4 Å². The Bertz CT molecular complexity index is 404. The highest BCUT2D eigenvalue weighted by atomic mass is 16.5. The van der Waals surface area contributed by atoms with Gasteiger partial charge in [-0.1, -0.05) is 6.07 Å². The maximum atomic E-state index is 10.8. The molecule has 0 saturated carbocycles. The molecule has 4 N–H and O–H groups in total. The van der Waals surface area contributed by atoms with Crippen LogP contribution >= 0.6 is 0 Å². The first kappa shape index (κ1) is 9.79. The monoisotopic (exact) mass is 209 g/mol. The van der Waals surface area contributed by atoms with E-state index >= 15 is 0 Å². The van der Waals surface area contributed by atoms with E-state index < -0.39 is 17.9 Å². The quantitative estimate of drug-likeness (QED) is 0.625. The van der Waals surface area contributed by atoms with Crippen LogP contribution in [0.3, 0.4) is 0 Å². The van der Waals surface area contributed by atoms with Crippen molar-refractivity contribution >= 4 is 5.97 Å². The van der Waals surface area contributed by atoms with Crippen molar-refractivity contribution in [1.29, 1.82) is 0 Å². The maximum absolute atomic E-state index is 10.8. The lowest BCUT2D eigenvalue weighted by atomic mass is 9.91. The highest BCUT2D eigenvalue weighted by Crippen LogP contribution is 2.35. The zero-order valence-electron chi connectivity index (χ0n) is 7.88. The molecule has 1 aliphatic heterocycles. The Morgan fingerprint density at radius 2 is 2.27 bits per heavy atom. The number of benzene rings is 1. The molecule has 1 aromatic rings. The minimum atomic E-state index is -0.971. The van der Waals surface area contributed by atoms with E-state index in [1.54, 1.807) is 6.07 Å². The molecule has 0 spiro atoms. The molecule has 0 radical (unpaired) electrons. The molecule has 0 bridgehead atoms. The van der Waals surface area contributed by atoms with Crippen molar-refractivity contribution in [2.24, 2.45) is 11.7 Å². The van der Waals surface area contributed by atoms with Crippen molar-refractivity contribution < 1.29 is 19.7 Å². The van der Waals surface area contributed by atoms with E-state index in [1.165, 1.54) is 12.1 Å². The number of nitrogens with two attached hydrogens (primary N) is 1. The predicted molar refractivity (Wildman–Crippen MR) is 51.7 cm³/mol. The Labute approximate surface area is 86.1 Å². The van der Waals surface area contributed by atoms with Crippen LogP contribution < -0.4 is 10.5 Å². The predicted octanol–water partition coefficient (Wildman–Crippen LogP) is 0.485. The second kappa shape index (κ2) is 3.43. The summed E-state index contributed by atoms with van der Waals surface area (Å²) in [4.78, 5) is 10.8. The fourth-order valence-electron chi connectivity index (χ4n) is 1.65. The van der Waals surface area contributed by atoms with E-state index in [2.05, 4.69) is 0 Å². The lowest BCUT2D eigenvalue weighted by Crippen LogP contribution is -2.36. The van der Waals surface area contributed by atoms with E-state index in [9.17, 15) is 9.90 Å². The van der Waals surface area contributed by atoms with Crippen molar-refractivity contribution in [2.75, 3.05) is 6.61 Å². The zero-order chi connectivity index (χ0) is 11.0. The highest BCUT2D eigenvalue weighted by molar-refractivity contribution is 5.72. The van der Waals surface area contributed by atoms with Crippen molar-refractivity contribution in [2.45, 2.75) is 6.04 Å². The number of fused-ring (bicyclic) bond motifs is 1. The van der Waals surface area contributed by atoms with Gasteiger partial charge in [0, 0.05) is 17.7 Å². The molecule has 2 rings (SSSR count). The molecule has 0 saturated heterocycles. The molecule has 15 heavy (non-hydrogen) atoms. The first-order valence-electron chi connectivity index (χ1n) is 4.53. The number of hydrogen-bond acceptors (Lipinski definition) is 4. The van der Waals surface area contributed by atoms with Gasteiger partial charge in [-0.15, -0.1) is 0 Å². The smallest absolute Gasteiger partial charge is 0.311 e. The largest absolute Gasteiger partial charge is 0.508 e. The van der Waals surface area contributed by atoms with E-state index in [0.717, 1.165) is 0 Å². The van der Waals surface area contributed by atoms with Gasteiger partial charge in [-0.25, -0.2) is 0 Å². The molecular weight excluding hydrogens is 198 g/mol. The summed E-state index contributed by atoms with van der Waals surface area (Å²) in [6.07, 6.45) is 0. The molecule has 5 nitrogen and oxygen atoms in total. The Morgan fingerprint density at radius 3 is 2.93 bits per heavy atom. The molecule has 2 atom stereocenters. The van der Waals surface area contributed by atoms with Gasteiger partial charge >= 0.3 is 5.97 Å². The third kappa shape index (κ3) is 1.61. The van der Waals surface area contributed by atoms with Crippen LogP contribution in [0, 0.1) is 5.92 Å². The van der Waals surface area contributed by atoms with E-state index in [4.69, 9.17) is 15.6 Å². The average molecular weight is 209 g/mol. The molecule has 1 aliphatic rings. The Morgan fingerprint density at radius 1 is 1.53 bits per heavy atom. The molecule has 5 heteroatoms. The second-order valence-electron chi connectivity index (χ2n) is 3.50. The van der Waals surface area contributed by atoms with Gasteiger partial charge in [-0.3, -0.25) is 4.79 Å². The van der Waals surface area contributed by atoms with Crippen LogP contribution in [0.2, 0.25) is 0 Å². The number of carboxylic acids is 1. The first-order valence-corrected chi connectivity index (χ1v) is 4.53. The molecule has 1 heterocycles. The SMILES string of the molecule is NC1c2ccc(O)cc2OCC1C(=O)O. The molecule has 0 aromatic heterocycles. The molecule has 80 valence electrons. The molecule has 0 amide bonds. The summed E-state index contributed by atoms with van der Waals surface area (Å²) >= 11 is 0. The van der Waals surface area contributed by atoms with Gasteiger partial charge in [0.05, 0.1) is 0 Å². The summed E-state index contributed by atoms with van der Waals surface area (Å²) in [5.41, 5.74) is 6.42. The zero-order valence-corrected chi connectivity index (χ0v) is 7.88. The van der Waals surface area contributed by atoms with Crippen LogP contribution in [0.5, 0.6) is 11.5 Å². The molecule has 0 fully saturated rings. The maximum Gasteiger partial charge on any atom is 0.311 e. The standard InChI is InChI=1S/C10H11NO4/c11-9-6-2-1-5(12)3-8(6)15-4-7(9)10(13)14/h1-3,7,9,12H,4,11H2,(H,13,14). The van der Waals surface area contributed by atoms with Crippen molar-refractivity contribution in [3.63, 3.8) is 0 Å². The number of rotatable bonds is 1. The van der Waals surface area contributed by atoms with Crippen LogP contribution in [-0.2, 0) is 4.79 Å². The van der Waals surface area contributed by atoms with Gasteiger partial charge in [0.25, 0.3) is 0 Å². The summed E-state index contributed by atoms with van der Waals surface area (Å²) in [6.45, 7) is 0.0347. The fourth-order valence-corrected chi connectivity index (χ4v) is 1.65. The first-order chi connectivity index (χ1) is 7.09. The number of carboxylic acid groups (broad SMARTS) is 1. The summed E-state index contributed by atoms with van der Waals surface area (Å²) in [7, 11) is 0. The molecular formula is C10H11NO4. The Kier molecular flexibility index (Phi) is 2.24. The minimum Gasteiger partial charge on any atom is -0.508 e. The Hall–Kier alpha value is -1.75. The van der Waals surface area contributed by atoms with Crippen molar-refractivity contribution in [3.8, 4) is 11.5 Å². The summed E-state index contributed by atoms with van der Waals surface area (Å²) < 4.78 is 5.23. The van der Waals surface area contributed by atoms with Gasteiger partial charge in [0.1, 0.15) is 24.0 Å². The van der Waals surface area contributed by atoms with Gasteiger partial charge in [0.15, 0.2) is 0 Å². The third-order valence-corrected chi connectivity index (χ3v) is 2.53. The van der Waals surface area contributed by atoms with Gasteiger partial charge in [0.2, 0.25) is 0 Å². The van der Waals surface area contributed by atoms with Crippen molar-refractivity contribution in [3.05, 3.63) is 23.8 Å². The lowest BCUT2D eigenvalue weighted by molar-refractivity contribution is -0.144. The Balaban J connectivity index is 2.38. The minimum absolute atomic E-state index is 0.0347. The summed E-state index contributed by atoms with van der Waals surface area (Å²) in [5.74, 6) is -1.17. The number of phenols is 1. The average Bonchev–Trinajstić information content (AvgIpc) is 2.17. The normalized spacial score (nSPS) is 24.1. The molecule has 2 unspecified atom stereocenters. The highest BCUT2D eigenvalue weighted by Gasteiger charge is 2.33. The molecule has 1 aromatic carbocycles. The summed E-state index contributed by atoms with van der Waals surface area (Å²) in [5, 5.41) is 18.1. The van der Waals surface area contributed by atoms with Crippen molar-refractivity contribution in [1.82, 2.24) is 0 Å². The van der Waals surface area contributed by atoms with E-state index in [1.807, 2.05) is 0 Å². The van der Waals surface area contributed by atoms with Crippen LogP contribution in [0.15, 0.2) is 18.2 Å². The molecule has 0 aliphatic carbocycles. The second-order valence-corrected chi connectivity index (χ2v) is 3.50. The van der Waals surface area contributed by atoms with Crippen LogP contribution in [0.25, 0.3) is 0 Å².